The van der Waals surface area contributed by atoms with E-state index in [-0.39, 0.29) is 5.69 Å². The van der Waals surface area contributed by atoms with Gasteiger partial charge in [-0.05, 0) is 55.3 Å². The number of aryl methyl sites for hydroxylation is 2. The van der Waals surface area contributed by atoms with Crippen LogP contribution in [0.25, 0.3) is 0 Å². The summed E-state index contributed by atoms with van der Waals surface area (Å²) in [5, 5.41) is 5.78. The molecule has 25 heavy (non-hydrogen) atoms. The van der Waals surface area contributed by atoms with Gasteiger partial charge in [-0.25, -0.2) is 4.39 Å². The summed E-state index contributed by atoms with van der Waals surface area (Å²) in [5.74, 6) is -0.894. The van der Waals surface area contributed by atoms with Gasteiger partial charge in [0.25, 0.3) is 5.91 Å². The van der Waals surface area contributed by atoms with E-state index in [0.717, 1.165) is 5.69 Å². The standard InChI is InChI=1S/C20H18FN3O/c1-13-7-8-16(9-14(13)2)23-17-10-15(11-22-12-17)20(25)24-19-6-4-3-5-18(19)21/h3-12,23H,1-2H3,(H,24,25). The average Bonchev–Trinajstić information content (AvgIpc) is 2.60. The first-order valence-electron chi connectivity index (χ1n) is 7.88. The number of hydrogen-bond acceptors (Lipinski definition) is 3. The molecule has 0 saturated carbocycles. The molecule has 0 radical (unpaired) electrons. The number of amides is 1. The molecular weight excluding hydrogens is 317 g/mol. The summed E-state index contributed by atoms with van der Waals surface area (Å²) in [6, 6.07) is 13.7. The van der Waals surface area contributed by atoms with Gasteiger partial charge >= 0.3 is 0 Å². The maximum absolute atomic E-state index is 13.7. The number of pyridine rings is 1. The minimum absolute atomic E-state index is 0.139. The van der Waals surface area contributed by atoms with Crippen molar-refractivity contribution in [2.75, 3.05) is 10.6 Å². The van der Waals surface area contributed by atoms with E-state index in [0.29, 0.717) is 11.3 Å². The van der Waals surface area contributed by atoms with Crippen molar-refractivity contribution in [3.8, 4) is 0 Å². The molecule has 3 rings (SSSR count). The normalized spacial score (nSPS) is 10.4. The van der Waals surface area contributed by atoms with E-state index in [9.17, 15) is 9.18 Å². The molecule has 0 aliphatic heterocycles. The van der Waals surface area contributed by atoms with Crippen molar-refractivity contribution >= 4 is 23.0 Å². The van der Waals surface area contributed by atoms with Gasteiger partial charge in [-0.3, -0.25) is 9.78 Å². The van der Waals surface area contributed by atoms with E-state index < -0.39 is 11.7 Å². The first kappa shape index (κ1) is 16.6. The van der Waals surface area contributed by atoms with E-state index in [2.05, 4.69) is 15.6 Å². The summed E-state index contributed by atoms with van der Waals surface area (Å²) in [6.07, 6.45) is 3.08. The Morgan fingerprint density at radius 1 is 0.960 bits per heavy atom. The molecular formula is C20H18FN3O. The summed E-state index contributed by atoms with van der Waals surface area (Å²) in [7, 11) is 0. The SMILES string of the molecule is Cc1ccc(Nc2cncc(C(=O)Nc3ccccc3F)c2)cc1C. The molecule has 2 N–H and O–H groups in total. The number of hydrogen-bond donors (Lipinski definition) is 2. The van der Waals surface area contributed by atoms with E-state index in [4.69, 9.17) is 0 Å². The molecule has 1 heterocycles. The Morgan fingerprint density at radius 2 is 1.76 bits per heavy atom. The molecule has 0 spiro atoms. The quantitative estimate of drug-likeness (QED) is 0.718. The van der Waals surface area contributed by atoms with Crippen LogP contribution in [0, 0.1) is 19.7 Å². The number of nitrogens with one attached hydrogen (secondary N) is 2. The van der Waals surface area contributed by atoms with Crippen LogP contribution in [0.4, 0.5) is 21.5 Å². The van der Waals surface area contributed by atoms with Crippen molar-refractivity contribution in [2.45, 2.75) is 13.8 Å². The van der Waals surface area contributed by atoms with Gasteiger partial charge in [-0.1, -0.05) is 18.2 Å². The second kappa shape index (κ2) is 7.13. The zero-order valence-corrected chi connectivity index (χ0v) is 14.0. The van der Waals surface area contributed by atoms with Crippen LogP contribution >= 0.6 is 0 Å². The monoisotopic (exact) mass is 335 g/mol. The van der Waals surface area contributed by atoms with Gasteiger partial charge in [0.2, 0.25) is 0 Å². The molecule has 0 unspecified atom stereocenters. The second-order valence-electron chi connectivity index (χ2n) is 5.82. The van der Waals surface area contributed by atoms with Gasteiger partial charge in [0.15, 0.2) is 0 Å². The Morgan fingerprint density at radius 3 is 2.52 bits per heavy atom. The highest BCUT2D eigenvalue weighted by Gasteiger charge is 2.10. The van der Waals surface area contributed by atoms with Crippen LogP contribution in [-0.2, 0) is 0 Å². The van der Waals surface area contributed by atoms with Gasteiger partial charge < -0.3 is 10.6 Å². The number of benzene rings is 2. The fraction of sp³-hybridized carbons (Fsp3) is 0.100. The van der Waals surface area contributed by atoms with Crippen molar-refractivity contribution < 1.29 is 9.18 Å². The predicted molar refractivity (Wildman–Crippen MR) is 97.8 cm³/mol. The maximum Gasteiger partial charge on any atom is 0.257 e. The number of rotatable bonds is 4. The van der Waals surface area contributed by atoms with Crippen molar-refractivity contribution in [3.63, 3.8) is 0 Å². The second-order valence-corrected chi connectivity index (χ2v) is 5.82. The van der Waals surface area contributed by atoms with E-state index in [1.807, 2.05) is 32.0 Å². The third-order valence-corrected chi connectivity index (χ3v) is 3.92. The Balaban J connectivity index is 1.77. The third kappa shape index (κ3) is 4.01. The zero-order chi connectivity index (χ0) is 17.8. The topological polar surface area (TPSA) is 54.0 Å². The third-order valence-electron chi connectivity index (χ3n) is 3.92. The fourth-order valence-electron chi connectivity index (χ4n) is 2.38. The molecule has 126 valence electrons. The highest BCUT2D eigenvalue weighted by Crippen LogP contribution is 2.20. The van der Waals surface area contributed by atoms with E-state index >= 15 is 0 Å². The molecule has 0 bridgehead atoms. The molecule has 1 aromatic heterocycles. The number of carbonyl (C=O) groups is 1. The maximum atomic E-state index is 13.7. The number of anilines is 3. The molecule has 4 nitrogen and oxygen atoms in total. The minimum Gasteiger partial charge on any atom is -0.354 e. The lowest BCUT2D eigenvalue weighted by molar-refractivity contribution is 0.102. The van der Waals surface area contributed by atoms with Gasteiger partial charge in [0.05, 0.1) is 23.1 Å². The molecule has 2 aromatic carbocycles. The first-order chi connectivity index (χ1) is 12.0. The summed E-state index contributed by atoms with van der Waals surface area (Å²) >= 11 is 0. The molecule has 0 aliphatic rings. The molecule has 0 saturated heterocycles. The van der Waals surface area contributed by atoms with Crippen LogP contribution in [0.2, 0.25) is 0 Å². The lowest BCUT2D eigenvalue weighted by Crippen LogP contribution is -2.13. The largest absolute Gasteiger partial charge is 0.354 e. The van der Waals surface area contributed by atoms with Crippen LogP contribution in [-0.4, -0.2) is 10.9 Å². The van der Waals surface area contributed by atoms with Crippen molar-refractivity contribution in [3.05, 3.63) is 83.4 Å². The summed E-state index contributed by atoms with van der Waals surface area (Å²) < 4.78 is 13.7. The Hall–Kier alpha value is -3.21. The first-order valence-corrected chi connectivity index (χ1v) is 7.88. The van der Waals surface area contributed by atoms with Gasteiger partial charge in [0.1, 0.15) is 5.82 Å². The molecule has 5 heteroatoms. The lowest BCUT2D eigenvalue weighted by Gasteiger charge is -2.10. The average molecular weight is 335 g/mol. The molecule has 0 atom stereocenters. The Bertz CT molecular complexity index is 924. The molecule has 0 fully saturated rings. The van der Waals surface area contributed by atoms with Crippen molar-refractivity contribution in [1.29, 1.82) is 0 Å². The number of halogens is 1. The zero-order valence-electron chi connectivity index (χ0n) is 14.0. The lowest BCUT2D eigenvalue weighted by atomic mass is 10.1. The van der Waals surface area contributed by atoms with Gasteiger partial charge in [0, 0.05) is 11.9 Å². The van der Waals surface area contributed by atoms with Crippen LogP contribution < -0.4 is 10.6 Å². The van der Waals surface area contributed by atoms with Crippen molar-refractivity contribution in [1.82, 2.24) is 4.98 Å². The summed E-state index contributed by atoms with van der Waals surface area (Å²) in [6.45, 7) is 4.09. The van der Waals surface area contributed by atoms with E-state index in [1.165, 1.54) is 29.5 Å². The summed E-state index contributed by atoms with van der Waals surface area (Å²) in [5.41, 5.74) is 4.46. The highest BCUT2D eigenvalue weighted by atomic mass is 19.1. The molecule has 0 aliphatic carbocycles. The van der Waals surface area contributed by atoms with Crippen LogP contribution in [0.1, 0.15) is 21.5 Å². The van der Waals surface area contributed by atoms with Crippen LogP contribution in [0.3, 0.4) is 0 Å². The number of para-hydroxylation sites is 1. The number of aromatic nitrogens is 1. The van der Waals surface area contributed by atoms with Crippen LogP contribution in [0.15, 0.2) is 60.9 Å². The van der Waals surface area contributed by atoms with Gasteiger partial charge in [-0.15, -0.1) is 0 Å². The molecule has 3 aromatic rings. The summed E-state index contributed by atoms with van der Waals surface area (Å²) in [4.78, 5) is 16.4. The smallest absolute Gasteiger partial charge is 0.257 e. The predicted octanol–water partition coefficient (Wildman–Crippen LogP) is 4.83. The van der Waals surface area contributed by atoms with E-state index in [1.54, 1.807) is 24.4 Å². The highest BCUT2D eigenvalue weighted by molar-refractivity contribution is 6.04. The number of carbonyl (C=O) groups excluding carboxylic acids is 1. The Labute approximate surface area is 145 Å². The van der Waals surface area contributed by atoms with Crippen LogP contribution in [0.5, 0.6) is 0 Å². The minimum atomic E-state index is -0.479. The number of nitrogens with zero attached hydrogens (tertiary/aromatic N) is 1. The van der Waals surface area contributed by atoms with Gasteiger partial charge in [-0.2, -0.15) is 0 Å². The Kier molecular flexibility index (Phi) is 4.75. The van der Waals surface area contributed by atoms with Crippen molar-refractivity contribution in [2.24, 2.45) is 0 Å². The fourth-order valence-corrected chi connectivity index (χ4v) is 2.38. The molecule has 1 amide bonds.